The van der Waals surface area contributed by atoms with E-state index in [1.807, 2.05) is 11.9 Å². The number of amides is 1. The lowest BCUT2D eigenvalue weighted by Gasteiger charge is -2.32. The Morgan fingerprint density at radius 2 is 2.12 bits per heavy atom. The molecule has 8 nitrogen and oxygen atoms in total. The minimum atomic E-state index is -1.28. The molecule has 2 aliphatic heterocycles. The Morgan fingerprint density at radius 1 is 1.38 bits per heavy atom. The van der Waals surface area contributed by atoms with Gasteiger partial charge in [-0.05, 0) is 51.0 Å². The maximum atomic E-state index is 12.4. The smallest absolute Gasteiger partial charge is 0.534 e. The number of hydrogen-bond acceptors (Lipinski definition) is 6. The normalized spacial score (nSPS) is 20.4. The molecule has 1 fully saturated rings. The summed E-state index contributed by atoms with van der Waals surface area (Å²) < 4.78 is 5.40. The van der Waals surface area contributed by atoms with E-state index in [-0.39, 0.29) is 23.8 Å². The summed E-state index contributed by atoms with van der Waals surface area (Å²) in [6.45, 7) is 2.15. The van der Waals surface area contributed by atoms with Crippen LogP contribution in [0.5, 0.6) is 5.75 Å². The minimum absolute atomic E-state index is 0.0111. The van der Waals surface area contributed by atoms with E-state index < -0.39 is 19.0 Å². The van der Waals surface area contributed by atoms with Crippen molar-refractivity contribution < 1.29 is 24.4 Å². The third-order valence-corrected chi connectivity index (χ3v) is 5.02. The Hall–Kier alpha value is -2.10. The fourth-order valence-electron chi connectivity index (χ4n) is 3.57. The van der Waals surface area contributed by atoms with Crippen molar-refractivity contribution in [1.82, 2.24) is 15.5 Å². The van der Waals surface area contributed by atoms with Crippen LogP contribution in [0.25, 0.3) is 0 Å². The van der Waals surface area contributed by atoms with Crippen molar-refractivity contribution in [1.29, 1.82) is 0 Å². The number of benzene rings is 1. The van der Waals surface area contributed by atoms with Crippen LogP contribution < -0.4 is 15.3 Å². The first-order valence-electron chi connectivity index (χ1n) is 8.86. The molecule has 1 amide bonds. The van der Waals surface area contributed by atoms with E-state index in [9.17, 15) is 19.7 Å². The second-order valence-corrected chi connectivity index (χ2v) is 6.88. The van der Waals surface area contributed by atoms with E-state index in [4.69, 9.17) is 4.65 Å². The van der Waals surface area contributed by atoms with Gasteiger partial charge in [0.1, 0.15) is 5.75 Å². The summed E-state index contributed by atoms with van der Waals surface area (Å²) in [5, 5.41) is 25.5. The molecule has 0 aromatic heterocycles. The van der Waals surface area contributed by atoms with Crippen molar-refractivity contribution in [3.63, 3.8) is 0 Å². The van der Waals surface area contributed by atoms with Gasteiger partial charge in [0.05, 0.1) is 18.0 Å². The second kappa shape index (κ2) is 8.07. The summed E-state index contributed by atoms with van der Waals surface area (Å²) in [4.78, 5) is 25.7. The number of nitrogens with zero attached hydrogens (tertiary/aromatic N) is 1. The number of carbonyl (C=O) groups is 2. The molecule has 4 N–H and O–H groups in total. The van der Waals surface area contributed by atoms with E-state index >= 15 is 0 Å². The largest absolute Gasteiger partial charge is 0.547 e. The van der Waals surface area contributed by atoms with Crippen LogP contribution in [-0.2, 0) is 11.2 Å². The highest BCUT2D eigenvalue weighted by Crippen LogP contribution is 2.30. The Bertz CT molecular complexity index is 680. The number of para-hydroxylation sites is 1. The number of aromatic carboxylic acids is 1. The van der Waals surface area contributed by atoms with E-state index in [0.717, 1.165) is 25.9 Å². The molecule has 0 saturated carbocycles. The van der Waals surface area contributed by atoms with E-state index in [1.54, 1.807) is 12.1 Å². The van der Waals surface area contributed by atoms with Gasteiger partial charge in [0.2, 0.25) is 5.91 Å². The van der Waals surface area contributed by atoms with Crippen LogP contribution in [0.4, 0.5) is 0 Å². The molecule has 2 aliphatic rings. The SMILES string of the molecule is CN(CC(=O)NC1Cc2cccc(C(=O)O)c2OB1O)C1CCNCC1. The highest BCUT2D eigenvalue weighted by atomic mass is 16.5. The van der Waals surface area contributed by atoms with Gasteiger partial charge in [0.25, 0.3) is 0 Å². The molecule has 9 heteroatoms. The van der Waals surface area contributed by atoms with Crippen molar-refractivity contribution in [2.45, 2.75) is 31.2 Å². The number of rotatable bonds is 5. The van der Waals surface area contributed by atoms with Crippen LogP contribution in [0.15, 0.2) is 18.2 Å². The predicted octanol–water partition coefficient (Wildman–Crippen LogP) is -0.492. The van der Waals surface area contributed by atoms with Crippen molar-refractivity contribution >= 4 is 19.0 Å². The molecule has 0 spiro atoms. The third-order valence-electron chi connectivity index (χ3n) is 5.02. The molecule has 1 atom stereocenters. The zero-order valence-corrected chi connectivity index (χ0v) is 14.8. The van der Waals surface area contributed by atoms with Crippen LogP contribution in [0, 0.1) is 0 Å². The lowest BCUT2D eigenvalue weighted by Crippen LogP contribution is -2.55. The average Bonchev–Trinajstić information content (AvgIpc) is 2.62. The summed E-state index contributed by atoms with van der Waals surface area (Å²) in [6.07, 6.45) is 2.33. The van der Waals surface area contributed by atoms with E-state index in [1.165, 1.54) is 6.07 Å². The molecule has 0 radical (unpaired) electrons. The highest BCUT2D eigenvalue weighted by molar-refractivity contribution is 6.47. The Morgan fingerprint density at radius 3 is 2.81 bits per heavy atom. The van der Waals surface area contributed by atoms with Gasteiger partial charge in [0.15, 0.2) is 0 Å². The van der Waals surface area contributed by atoms with Crippen LogP contribution >= 0.6 is 0 Å². The molecular weight excluding hydrogens is 337 g/mol. The number of likely N-dealkylation sites (N-methyl/N-ethyl adjacent to an activating group) is 1. The number of nitrogens with one attached hydrogen (secondary N) is 2. The predicted molar refractivity (Wildman–Crippen MR) is 96.2 cm³/mol. The van der Waals surface area contributed by atoms with Gasteiger partial charge >= 0.3 is 13.1 Å². The average molecular weight is 361 g/mol. The molecule has 1 aromatic carbocycles. The van der Waals surface area contributed by atoms with Gasteiger partial charge in [-0.15, -0.1) is 0 Å². The summed E-state index contributed by atoms with van der Waals surface area (Å²) >= 11 is 0. The van der Waals surface area contributed by atoms with Crippen LogP contribution in [0.1, 0.15) is 28.8 Å². The Balaban J connectivity index is 1.61. The standard InChI is InChI=1S/C17H24BN3O5/c1-21(12-5-7-19-8-6-12)10-15(22)20-14-9-11-3-2-4-13(17(23)24)16(11)26-18(14)25/h2-4,12,14,19,25H,5-10H2,1H3,(H,20,22)(H,23,24). The lowest BCUT2D eigenvalue weighted by atomic mass is 9.72. The van der Waals surface area contributed by atoms with Gasteiger partial charge in [-0.25, -0.2) is 4.79 Å². The van der Waals surface area contributed by atoms with Gasteiger partial charge < -0.3 is 25.4 Å². The van der Waals surface area contributed by atoms with Crippen LogP contribution in [-0.4, -0.2) is 72.7 Å². The Kier molecular flexibility index (Phi) is 5.80. The second-order valence-electron chi connectivity index (χ2n) is 6.88. The van der Waals surface area contributed by atoms with Crippen molar-refractivity contribution in [3.8, 4) is 5.75 Å². The monoisotopic (exact) mass is 361 g/mol. The maximum Gasteiger partial charge on any atom is 0.547 e. The molecule has 1 aromatic rings. The van der Waals surface area contributed by atoms with Crippen LogP contribution in [0.3, 0.4) is 0 Å². The summed E-state index contributed by atoms with van der Waals surface area (Å²) in [6, 6.07) is 5.18. The molecule has 2 heterocycles. The number of carbonyl (C=O) groups excluding carboxylic acids is 1. The van der Waals surface area contributed by atoms with Gasteiger partial charge in [0, 0.05) is 6.04 Å². The van der Waals surface area contributed by atoms with Crippen molar-refractivity contribution in [2.75, 3.05) is 26.7 Å². The van der Waals surface area contributed by atoms with Gasteiger partial charge in [-0.1, -0.05) is 12.1 Å². The zero-order chi connectivity index (χ0) is 18.7. The van der Waals surface area contributed by atoms with Crippen molar-refractivity contribution in [3.05, 3.63) is 29.3 Å². The third kappa shape index (κ3) is 4.17. The first-order valence-corrected chi connectivity index (χ1v) is 8.86. The molecule has 140 valence electrons. The fourth-order valence-corrected chi connectivity index (χ4v) is 3.57. The summed E-state index contributed by atoms with van der Waals surface area (Å²) in [7, 11) is 0.647. The van der Waals surface area contributed by atoms with Crippen molar-refractivity contribution in [2.24, 2.45) is 0 Å². The number of fused-ring (bicyclic) bond motifs is 1. The molecule has 3 rings (SSSR count). The number of piperidine rings is 1. The number of hydrogen-bond donors (Lipinski definition) is 4. The lowest BCUT2D eigenvalue weighted by molar-refractivity contribution is -0.123. The van der Waals surface area contributed by atoms with Crippen LogP contribution in [0.2, 0.25) is 0 Å². The fraction of sp³-hybridized carbons (Fsp3) is 0.529. The quantitative estimate of drug-likeness (QED) is 0.524. The van der Waals surface area contributed by atoms with E-state index in [2.05, 4.69) is 10.6 Å². The Labute approximate surface area is 152 Å². The molecular formula is C17H24BN3O5. The zero-order valence-electron chi connectivity index (χ0n) is 14.8. The molecule has 26 heavy (non-hydrogen) atoms. The minimum Gasteiger partial charge on any atom is -0.534 e. The number of carboxylic acid groups (broad SMARTS) is 1. The molecule has 1 unspecified atom stereocenters. The highest BCUT2D eigenvalue weighted by Gasteiger charge is 2.37. The molecule has 0 aliphatic carbocycles. The molecule has 0 bridgehead atoms. The molecule has 1 saturated heterocycles. The first kappa shape index (κ1) is 18.7. The maximum absolute atomic E-state index is 12.4. The van der Waals surface area contributed by atoms with E-state index in [0.29, 0.717) is 18.0 Å². The van der Waals surface area contributed by atoms with Gasteiger partial charge in [-0.2, -0.15) is 0 Å². The summed E-state index contributed by atoms with van der Waals surface area (Å²) in [5.41, 5.74) is 0.671. The topological polar surface area (TPSA) is 111 Å². The van der Waals surface area contributed by atoms with Gasteiger partial charge in [-0.3, -0.25) is 9.69 Å². The summed E-state index contributed by atoms with van der Waals surface area (Å²) in [5.74, 6) is -1.73. The first-order chi connectivity index (χ1) is 12.5. The number of carboxylic acids is 1.